The third-order valence-corrected chi connectivity index (χ3v) is 1.17. The smallest absolute Gasteiger partial charge is 0.0931 e. The minimum atomic E-state index is 0.111. The van der Waals surface area contributed by atoms with Gasteiger partial charge in [-0.05, 0) is 6.92 Å². The fraction of sp³-hybridized carbons (Fsp3) is 0.667. The molecule has 0 aromatic carbocycles. The molecule has 0 fully saturated rings. The third-order valence-electron chi connectivity index (χ3n) is 1.17. The molecule has 0 aromatic rings. The predicted molar refractivity (Wildman–Crippen MR) is 34.7 cm³/mol. The van der Waals surface area contributed by atoms with Crippen LogP contribution in [0, 0.1) is 0 Å². The monoisotopic (exact) mass is 115 g/mol. The maximum atomic E-state index is 4.94. The van der Waals surface area contributed by atoms with Gasteiger partial charge in [0.2, 0.25) is 0 Å². The van der Waals surface area contributed by atoms with Crippen molar-refractivity contribution in [3.05, 3.63) is 12.3 Å². The van der Waals surface area contributed by atoms with E-state index in [4.69, 9.17) is 4.74 Å². The molecule has 1 N–H and O–H groups in total. The summed E-state index contributed by atoms with van der Waals surface area (Å²) in [6.45, 7) is 5.65. The molecule has 0 aliphatic carbocycles. The molecule has 48 valence electrons. The van der Waals surface area contributed by atoms with Gasteiger partial charge in [0.05, 0.1) is 6.10 Å². The molecule has 0 radical (unpaired) electrons. The molecule has 8 heavy (non-hydrogen) atoms. The van der Waals surface area contributed by atoms with Crippen LogP contribution in [-0.2, 0) is 4.74 Å². The van der Waals surface area contributed by atoms with Crippen molar-refractivity contribution >= 4 is 0 Å². The molecule has 2 heteroatoms. The van der Waals surface area contributed by atoms with Crippen LogP contribution in [0.25, 0.3) is 0 Å². The van der Waals surface area contributed by atoms with Crippen LogP contribution >= 0.6 is 0 Å². The number of hydrogen-bond donors (Lipinski definition) is 1. The average Bonchev–Trinajstić information content (AvgIpc) is 1.84. The van der Waals surface area contributed by atoms with Crippen molar-refractivity contribution in [2.24, 2.45) is 0 Å². The second-order valence-corrected chi connectivity index (χ2v) is 1.65. The molecule has 0 saturated carbocycles. The number of nitrogens with one attached hydrogen (secondary N) is 1. The molecule has 0 aliphatic rings. The van der Waals surface area contributed by atoms with Gasteiger partial charge < -0.3 is 10.1 Å². The topological polar surface area (TPSA) is 21.3 Å². The Morgan fingerprint density at radius 2 is 2.25 bits per heavy atom. The van der Waals surface area contributed by atoms with Crippen molar-refractivity contribution in [2.75, 3.05) is 14.2 Å². The minimum absolute atomic E-state index is 0.111. The molecule has 0 bridgehead atoms. The van der Waals surface area contributed by atoms with Crippen molar-refractivity contribution in [1.82, 2.24) is 5.32 Å². The fourth-order valence-electron chi connectivity index (χ4n) is 0.346. The highest BCUT2D eigenvalue weighted by atomic mass is 16.5. The van der Waals surface area contributed by atoms with Crippen LogP contribution in [0.2, 0.25) is 0 Å². The van der Waals surface area contributed by atoms with Crippen molar-refractivity contribution in [1.29, 1.82) is 0 Å². The van der Waals surface area contributed by atoms with Crippen LogP contribution in [0.1, 0.15) is 6.92 Å². The quantitative estimate of drug-likeness (QED) is 0.586. The second-order valence-electron chi connectivity index (χ2n) is 1.65. The van der Waals surface area contributed by atoms with Gasteiger partial charge in [-0.1, -0.05) is 6.58 Å². The molecule has 0 rings (SSSR count). The first-order chi connectivity index (χ1) is 3.72. The van der Waals surface area contributed by atoms with Gasteiger partial charge in [-0.15, -0.1) is 0 Å². The molecule has 0 saturated heterocycles. The summed E-state index contributed by atoms with van der Waals surface area (Å²) in [6, 6.07) is 0. The maximum Gasteiger partial charge on any atom is 0.0931 e. The van der Waals surface area contributed by atoms with Crippen molar-refractivity contribution in [3.8, 4) is 0 Å². The van der Waals surface area contributed by atoms with Gasteiger partial charge in [0.15, 0.2) is 0 Å². The van der Waals surface area contributed by atoms with Crippen molar-refractivity contribution in [3.63, 3.8) is 0 Å². The number of ether oxygens (including phenoxy) is 1. The Bertz CT molecular complexity index is 80.6. The summed E-state index contributed by atoms with van der Waals surface area (Å²) in [5, 5.41) is 2.90. The lowest BCUT2D eigenvalue weighted by molar-refractivity contribution is 0.142. The molecule has 0 aliphatic heterocycles. The first kappa shape index (κ1) is 7.50. The van der Waals surface area contributed by atoms with Gasteiger partial charge in [-0.3, -0.25) is 0 Å². The number of hydrogen-bond acceptors (Lipinski definition) is 2. The summed E-state index contributed by atoms with van der Waals surface area (Å²) in [6.07, 6.45) is 0.111. The lowest BCUT2D eigenvalue weighted by Gasteiger charge is -2.10. The van der Waals surface area contributed by atoms with Gasteiger partial charge in [0, 0.05) is 19.9 Å². The van der Waals surface area contributed by atoms with E-state index in [0.717, 1.165) is 5.70 Å². The Morgan fingerprint density at radius 3 is 2.38 bits per heavy atom. The molecular formula is C6H13NO. The molecule has 0 heterocycles. The Labute approximate surface area is 50.5 Å². The van der Waals surface area contributed by atoms with E-state index in [1.54, 1.807) is 7.11 Å². The minimum Gasteiger partial charge on any atom is -0.390 e. The van der Waals surface area contributed by atoms with Gasteiger partial charge >= 0.3 is 0 Å². The summed E-state index contributed by atoms with van der Waals surface area (Å²) < 4.78 is 4.94. The second kappa shape index (κ2) is 3.50. The van der Waals surface area contributed by atoms with E-state index in [-0.39, 0.29) is 6.10 Å². The zero-order valence-corrected chi connectivity index (χ0v) is 5.69. The number of methoxy groups -OCH3 is 1. The van der Waals surface area contributed by atoms with Crippen molar-refractivity contribution < 1.29 is 4.74 Å². The Kier molecular flexibility index (Phi) is 3.28. The van der Waals surface area contributed by atoms with E-state index in [1.807, 2.05) is 14.0 Å². The summed E-state index contributed by atoms with van der Waals surface area (Å²) in [5.41, 5.74) is 0.910. The van der Waals surface area contributed by atoms with E-state index < -0.39 is 0 Å². The van der Waals surface area contributed by atoms with E-state index in [2.05, 4.69) is 11.9 Å². The van der Waals surface area contributed by atoms with Crippen LogP contribution < -0.4 is 5.32 Å². The summed E-state index contributed by atoms with van der Waals surface area (Å²) in [4.78, 5) is 0. The molecular weight excluding hydrogens is 102 g/mol. The SMILES string of the molecule is C=C(NC)C(C)OC. The highest BCUT2D eigenvalue weighted by Crippen LogP contribution is 1.95. The average molecular weight is 115 g/mol. The summed E-state index contributed by atoms with van der Waals surface area (Å²) in [5.74, 6) is 0. The molecule has 0 spiro atoms. The van der Waals surface area contributed by atoms with Gasteiger partial charge in [0.25, 0.3) is 0 Å². The lowest BCUT2D eigenvalue weighted by atomic mass is 10.3. The molecule has 0 amide bonds. The number of likely N-dealkylation sites (N-methyl/N-ethyl adjacent to an activating group) is 1. The molecule has 0 aromatic heterocycles. The summed E-state index contributed by atoms with van der Waals surface area (Å²) in [7, 11) is 3.49. The van der Waals surface area contributed by atoms with E-state index in [9.17, 15) is 0 Å². The van der Waals surface area contributed by atoms with Gasteiger partial charge in [-0.25, -0.2) is 0 Å². The van der Waals surface area contributed by atoms with Crippen LogP contribution in [-0.4, -0.2) is 20.3 Å². The van der Waals surface area contributed by atoms with Crippen LogP contribution in [0.4, 0.5) is 0 Å². The van der Waals surface area contributed by atoms with Gasteiger partial charge in [0.1, 0.15) is 0 Å². The van der Waals surface area contributed by atoms with Crippen LogP contribution in [0.5, 0.6) is 0 Å². The maximum absolute atomic E-state index is 4.94. The first-order valence-electron chi connectivity index (χ1n) is 2.61. The van der Waals surface area contributed by atoms with Gasteiger partial charge in [-0.2, -0.15) is 0 Å². The van der Waals surface area contributed by atoms with Crippen LogP contribution in [0.3, 0.4) is 0 Å². The fourth-order valence-corrected chi connectivity index (χ4v) is 0.346. The third kappa shape index (κ3) is 1.98. The normalized spacial score (nSPS) is 12.9. The van der Waals surface area contributed by atoms with Crippen molar-refractivity contribution in [2.45, 2.75) is 13.0 Å². The van der Waals surface area contributed by atoms with E-state index in [1.165, 1.54) is 0 Å². The van der Waals surface area contributed by atoms with Crippen LogP contribution in [0.15, 0.2) is 12.3 Å². The molecule has 2 nitrogen and oxygen atoms in total. The standard InChI is InChI=1S/C6H13NO/c1-5(7-3)6(2)8-4/h6-7H,1H2,2-4H3. The molecule has 1 unspecified atom stereocenters. The number of rotatable bonds is 3. The zero-order valence-electron chi connectivity index (χ0n) is 5.69. The largest absolute Gasteiger partial charge is 0.390 e. The Morgan fingerprint density at radius 1 is 1.75 bits per heavy atom. The first-order valence-corrected chi connectivity index (χ1v) is 2.61. The van der Waals surface area contributed by atoms with E-state index in [0.29, 0.717) is 0 Å². The Balaban J connectivity index is 3.46. The molecule has 1 atom stereocenters. The highest BCUT2D eigenvalue weighted by molar-refractivity contribution is 4.95. The highest BCUT2D eigenvalue weighted by Gasteiger charge is 1.99. The predicted octanol–water partition coefficient (Wildman–Crippen LogP) is 0.754. The lowest BCUT2D eigenvalue weighted by Crippen LogP contribution is -2.18. The zero-order chi connectivity index (χ0) is 6.57. The Hall–Kier alpha value is -0.500. The summed E-state index contributed by atoms with van der Waals surface area (Å²) >= 11 is 0. The van der Waals surface area contributed by atoms with E-state index >= 15 is 0 Å².